The predicted octanol–water partition coefficient (Wildman–Crippen LogP) is -3.11. The normalized spacial score (nSPS) is 18.1. The number of anilines is 1. The molecule has 1 aliphatic heterocycles. The average molecular weight is 604 g/mol. The van der Waals surface area contributed by atoms with E-state index in [1.807, 2.05) is 0 Å². The van der Waals surface area contributed by atoms with Gasteiger partial charge in [0, 0.05) is 13.5 Å². The van der Waals surface area contributed by atoms with E-state index in [4.69, 9.17) is 15.3 Å². The van der Waals surface area contributed by atoms with Gasteiger partial charge in [0.05, 0.1) is 13.7 Å². The molecule has 15 nitrogen and oxygen atoms in total. The first-order chi connectivity index (χ1) is 16.9. The number of hydrogen-bond acceptors (Lipinski definition) is 13. The second-order valence-corrected chi connectivity index (χ2v) is 17.4. The van der Waals surface area contributed by atoms with Gasteiger partial charge >= 0.3 is 51.8 Å². The topological polar surface area (TPSA) is 217 Å². The number of nitrogen functional groups attached to an aromatic ring is 1. The van der Waals surface area contributed by atoms with E-state index in [2.05, 4.69) is 39.8 Å². The molecule has 1 aliphatic rings. The smallest absolute Gasteiger partial charge is 1.00 e. The van der Waals surface area contributed by atoms with Gasteiger partial charge in [0.2, 0.25) is 5.60 Å². The summed E-state index contributed by atoms with van der Waals surface area (Å²) in [6, 6.07) is -2.86. The average Bonchev–Trinajstić information content (AvgIpc) is 3.18. The van der Waals surface area contributed by atoms with Crippen molar-refractivity contribution < 1.29 is 77.4 Å². The van der Waals surface area contributed by atoms with Crippen LogP contribution in [0.1, 0.15) is 21.0 Å². The van der Waals surface area contributed by atoms with Crippen LogP contribution in [0.3, 0.4) is 0 Å². The number of carbonyl (C=O) groups is 4. The third-order valence-electron chi connectivity index (χ3n) is 4.95. The Bertz CT molecular complexity index is 1220. The van der Waals surface area contributed by atoms with Crippen LogP contribution in [0, 0.1) is 0 Å². The molecule has 2 atom stereocenters. The van der Waals surface area contributed by atoms with Crippen molar-refractivity contribution in [2.24, 2.45) is 5.16 Å². The summed E-state index contributed by atoms with van der Waals surface area (Å²) in [7, 11) is -5.65. The predicted molar refractivity (Wildman–Crippen MR) is 135 cm³/mol. The van der Waals surface area contributed by atoms with Crippen LogP contribution >= 0.6 is 11.3 Å². The van der Waals surface area contributed by atoms with Gasteiger partial charge in [-0.05, 0) is 19.9 Å². The molecule has 1 aromatic heterocycles. The number of rotatable bonds is 11. The second kappa shape index (κ2) is 12.8. The van der Waals surface area contributed by atoms with Gasteiger partial charge in [0.25, 0.3) is 11.8 Å². The Morgan fingerprint density at radius 2 is 1.95 bits per heavy atom. The van der Waals surface area contributed by atoms with Crippen molar-refractivity contribution in [2.45, 2.75) is 57.2 Å². The Morgan fingerprint density at radius 3 is 2.42 bits per heavy atom. The molecule has 2 amide bonds. The van der Waals surface area contributed by atoms with Gasteiger partial charge in [0.15, 0.2) is 16.9 Å². The minimum absolute atomic E-state index is 0. The summed E-state index contributed by atoms with van der Waals surface area (Å²) < 4.78 is 41.8. The second-order valence-electron chi connectivity index (χ2n) is 9.59. The van der Waals surface area contributed by atoms with Crippen LogP contribution in [0.25, 0.3) is 0 Å². The molecule has 0 bridgehead atoms. The standard InChI is InChI=1S/C19H29N5O10S2Si.Na.H/c1-19(2,17(28)33-7-8-37(4,5)6)34-23-11(10-9-35-18(20)21-10)14(25)22-12-13(16(27)32-3)24(15(12)26)36(29,30)31;;/h9,12-13H,7-8H2,1-6H3,(H2,20,21)(H,22,25)(H,29,30,31);;/q;+1;-1/b23-11-;;. The van der Waals surface area contributed by atoms with E-state index in [0.29, 0.717) is 0 Å². The van der Waals surface area contributed by atoms with Crippen molar-refractivity contribution >= 4 is 64.3 Å². The Hall–Kier alpha value is -2.09. The summed E-state index contributed by atoms with van der Waals surface area (Å²) in [5, 5.41) is 7.31. The zero-order valence-electron chi connectivity index (χ0n) is 23.0. The van der Waals surface area contributed by atoms with Gasteiger partial charge in [-0.2, -0.15) is 12.7 Å². The van der Waals surface area contributed by atoms with Gasteiger partial charge in [-0.1, -0.05) is 24.8 Å². The van der Waals surface area contributed by atoms with Crippen molar-refractivity contribution in [3.05, 3.63) is 11.1 Å². The molecule has 2 rings (SSSR count). The molecular formula is C19H30N5NaO10S2Si. The van der Waals surface area contributed by atoms with Crippen LogP contribution in [0.4, 0.5) is 5.13 Å². The zero-order chi connectivity index (χ0) is 28.3. The van der Waals surface area contributed by atoms with Crippen molar-refractivity contribution in [2.75, 3.05) is 19.5 Å². The Labute approximate surface area is 248 Å². The molecule has 0 spiro atoms. The molecule has 208 valence electrons. The Morgan fingerprint density at radius 1 is 1.34 bits per heavy atom. The molecule has 1 saturated heterocycles. The number of nitrogens with zero attached hydrogens (tertiary/aromatic N) is 3. The fraction of sp³-hybridized carbons (Fsp3) is 0.579. The number of ether oxygens (including phenoxy) is 2. The van der Waals surface area contributed by atoms with Gasteiger partial charge in [0.1, 0.15) is 11.7 Å². The first-order valence-electron chi connectivity index (χ1n) is 10.7. The SMILES string of the molecule is COC(=O)C1C(NC(=O)/C(=N\OC(C)(C)C(=O)OCC[Si](C)(C)C)c2csc(N)n2)C(=O)N1S(=O)(=O)O.[H-].[Na+]. The summed E-state index contributed by atoms with van der Waals surface area (Å²) in [4.78, 5) is 59.2. The van der Waals surface area contributed by atoms with Crippen molar-refractivity contribution in [3.63, 3.8) is 0 Å². The number of carbonyl (C=O) groups excluding carboxylic acids is 4. The van der Waals surface area contributed by atoms with Crippen molar-refractivity contribution in [1.29, 1.82) is 0 Å². The molecule has 38 heavy (non-hydrogen) atoms. The maximum absolute atomic E-state index is 13.0. The summed E-state index contributed by atoms with van der Waals surface area (Å²) in [5.74, 6) is -4.36. The van der Waals surface area contributed by atoms with Gasteiger partial charge in [-0.25, -0.2) is 14.6 Å². The number of oxime groups is 1. The van der Waals surface area contributed by atoms with Crippen LogP contribution < -0.4 is 40.6 Å². The molecule has 4 N–H and O–H groups in total. The number of esters is 2. The molecule has 1 aromatic rings. The number of hydrogen-bond donors (Lipinski definition) is 3. The fourth-order valence-corrected chi connectivity index (χ4v) is 4.94. The monoisotopic (exact) mass is 603 g/mol. The van der Waals surface area contributed by atoms with Crippen LogP contribution in [-0.2, 0) is 43.8 Å². The van der Waals surface area contributed by atoms with Crippen LogP contribution in [0.15, 0.2) is 10.5 Å². The van der Waals surface area contributed by atoms with Crippen molar-refractivity contribution in [3.8, 4) is 0 Å². The first kappa shape index (κ1) is 33.9. The molecule has 1 fully saturated rings. The van der Waals surface area contributed by atoms with E-state index in [-0.39, 0.29) is 52.7 Å². The minimum Gasteiger partial charge on any atom is -1.00 e. The summed E-state index contributed by atoms with van der Waals surface area (Å²) in [6.45, 7) is 9.26. The van der Waals surface area contributed by atoms with E-state index < -0.39 is 65.5 Å². The minimum atomic E-state index is -5.11. The molecule has 19 heteroatoms. The molecule has 0 aromatic carbocycles. The van der Waals surface area contributed by atoms with Crippen LogP contribution in [-0.4, -0.2) is 91.2 Å². The van der Waals surface area contributed by atoms with E-state index in [0.717, 1.165) is 24.5 Å². The number of nitrogens with one attached hydrogen (secondary N) is 1. The van der Waals surface area contributed by atoms with Gasteiger partial charge in [-0.3, -0.25) is 14.1 Å². The summed E-state index contributed by atoms with van der Waals surface area (Å²) in [5.41, 5.74) is 3.39. The molecular weight excluding hydrogens is 573 g/mol. The zero-order valence-corrected chi connectivity index (χ0v) is 26.6. The Balaban J connectivity index is 0.00000722. The fourth-order valence-electron chi connectivity index (χ4n) is 2.84. The van der Waals surface area contributed by atoms with Crippen LogP contribution in [0.5, 0.6) is 0 Å². The van der Waals surface area contributed by atoms with Gasteiger partial charge < -0.3 is 26.8 Å². The number of β-lactam (4-membered cyclic amide) rings is 1. The number of amides is 2. The maximum atomic E-state index is 13.0. The maximum Gasteiger partial charge on any atom is 1.00 e. The molecule has 0 radical (unpaired) electrons. The van der Waals surface area contributed by atoms with E-state index >= 15 is 0 Å². The molecule has 2 unspecified atom stereocenters. The van der Waals surface area contributed by atoms with Crippen molar-refractivity contribution in [1.82, 2.24) is 14.6 Å². The largest absolute Gasteiger partial charge is 1.00 e. The van der Waals surface area contributed by atoms with Gasteiger partial charge in [-0.15, -0.1) is 11.3 Å². The quantitative estimate of drug-likeness (QED) is 0.0572. The number of thiazole rings is 1. The van der Waals surface area contributed by atoms with E-state index in [9.17, 15) is 32.1 Å². The third-order valence-corrected chi connectivity index (χ3v) is 8.23. The summed E-state index contributed by atoms with van der Waals surface area (Å²) >= 11 is 0.956. The molecule has 2 heterocycles. The molecule has 0 saturated carbocycles. The number of methoxy groups -OCH3 is 1. The summed E-state index contributed by atoms with van der Waals surface area (Å²) in [6.07, 6.45) is 0. The molecule has 0 aliphatic carbocycles. The first-order valence-corrected chi connectivity index (χ1v) is 16.7. The van der Waals surface area contributed by atoms with E-state index in [1.165, 1.54) is 19.2 Å². The Kier molecular flexibility index (Phi) is 11.5. The van der Waals surface area contributed by atoms with Crippen LogP contribution in [0.2, 0.25) is 25.7 Å². The van der Waals surface area contributed by atoms with E-state index in [1.54, 1.807) is 0 Å². The number of aromatic nitrogens is 1. The third kappa shape index (κ3) is 8.45. The number of nitrogens with two attached hydrogens (primary N) is 1.